The normalized spacial score (nSPS) is 39.6. The number of aliphatic hydroxyl groups excluding tert-OH is 1. The topological polar surface area (TPSA) is 58.6 Å². The van der Waals surface area contributed by atoms with Crippen LogP contribution in [0.3, 0.4) is 0 Å². The zero-order valence-electron chi connectivity index (χ0n) is 10.5. The fourth-order valence-corrected chi connectivity index (χ4v) is 2.95. The zero-order chi connectivity index (χ0) is 12.2. The largest absolute Gasteiger partial charge is 0.393 e. The molecule has 2 heterocycles. The average Bonchev–Trinajstić information content (AvgIpc) is 2.45. The number of nitrogens with one attached hydrogen (secondary N) is 1. The average molecular weight is 227 g/mol. The molecule has 0 aromatic carbocycles. The van der Waals surface area contributed by atoms with Gasteiger partial charge in [0.25, 0.3) is 0 Å². The van der Waals surface area contributed by atoms with Crippen LogP contribution >= 0.6 is 0 Å². The van der Waals surface area contributed by atoms with Crippen molar-refractivity contribution in [2.45, 2.75) is 57.3 Å². The second-order valence-corrected chi connectivity index (χ2v) is 6.03. The molecule has 0 atom stereocenters. The van der Waals surface area contributed by atoms with Crippen LogP contribution in [0.5, 0.6) is 0 Å². The van der Waals surface area contributed by atoms with Crippen LogP contribution in [0.1, 0.15) is 40.5 Å². The Bertz CT molecular complexity index is 316. The number of hydrogen-bond donors (Lipinski definition) is 2. The van der Waals surface area contributed by atoms with Crippen LogP contribution in [0.2, 0.25) is 0 Å². The van der Waals surface area contributed by atoms with Crippen LogP contribution in [-0.4, -0.2) is 34.4 Å². The minimum Gasteiger partial charge on any atom is -0.393 e. The molecular weight excluding hydrogens is 206 g/mol. The first kappa shape index (κ1) is 11.9. The van der Waals surface area contributed by atoms with Gasteiger partial charge >= 0.3 is 0 Å². The van der Waals surface area contributed by atoms with Crippen molar-refractivity contribution in [2.75, 3.05) is 6.61 Å². The molecule has 4 heteroatoms. The van der Waals surface area contributed by atoms with E-state index in [1.54, 1.807) is 0 Å². The summed E-state index contributed by atoms with van der Waals surface area (Å²) in [4.78, 5) is 11.8. The van der Waals surface area contributed by atoms with Gasteiger partial charge in [0, 0.05) is 18.8 Å². The molecule has 0 unspecified atom stereocenters. The van der Waals surface area contributed by atoms with E-state index >= 15 is 0 Å². The molecule has 0 radical (unpaired) electrons. The van der Waals surface area contributed by atoms with Crippen molar-refractivity contribution >= 4 is 5.91 Å². The van der Waals surface area contributed by atoms with Gasteiger partial charge in [0.15, 0.2) is 0 Å². The number of aliphatic hydroxyl groups is 1. The van der Waals surface area contributed by atoms with Crippen molar-refractivity contribution < 1.29 is 14.6 Å². The molecule has 92 valence electrons. The van der Waals surface area contributed by atoms with Crippen molar-refractivity contribution in [3.63, 3.8) is 0 Å². The summed E-state index contributed by atoms with van der Waals surface area (Å²) in [6.45, 7) is 7.77. The molecule has 16 heavy (non-hydrogen) atoms. The second kappa shape index (κ2) is 3.20. The van der Waals surface area contributed by atoms with E-state index in [1.807, 2.05) is 27.7 Å². The molecule has 2 saturated heterocycles. The monoisotopic (exact) mass is 227 g/mol. The number of ether oxygens (including phenoxy) is 1. The zero-order valence-corrected chi connectivity index (χ0v) is 10.5. The smallest absolute Gasteiger partial charge is 0.223 e. The van der Waals surface area contributed by atoms with Crippen LogP contribution in [0, 0.1) is 5.92 Å². The summed E-state index contributed by atoms with van der Waals surface area (Å²) >= 11 is 0. The van der Waals surface area contributed by atoms with E-state index in [0.717, 1.165) is 12.8 Å². The first-order chi connectivity index (χ1) is 7.26. The Kier molecular flexibility index (Phi) is 2.37. The predicted molar refractivity (Wildman–Crippen MR) is 59.9 cm³/mol. The number of fused-ring (bicyclic) bond motifs is 1. The molecule has 0 aromatic rings. The van der Waals surface area contributed by atoms with Gasteiger partial charge in [-0.1, -0.05) is 13.8 Å². The molecule has 4 nitrogen and oxygen atoms in total. The van der Waals surface area contributed by atoms with E-state index in [9.17, 15) is 9.90 Å². The minimum absolute atomic E-state index is 0.0186. The molecule has 2 bridgehead atoms. The first-order valence-corrected chi connectivity index (χ1v) is 5.89. The summed E-state index contributed by atoms with van der Waals surface area (Å²) in [6.07, 6.45) is 1.45. The fourth-order valence-electron chi connectivity index (χ4n) is 2.95. The van der Waals surface area contributed by atoms with Gasteiger partial charge in [-0.05, 0) is 13.8 Å². The van der Waals surface area contributed by atoms with E-state index < -0.39 is 5.60 Å². The highest BCUT2D eigenvalue weighted by atomic mass is 16.6. The SMILES string of the molecule is CC(C)C(=O)NC12CC(CO)(C1)OC2(C)C. The molecular formula is C12H21NO3. The number of rotatable bonds is 3. The Morgan fingerprint density at radius 2 is 2.00 bits per heavy atom. The summed E-state index contributed by atoms with van der Waals surface area (Å²) < 4.78 is 5.88. The van der Waals surface area contributed by atoms with Crippen molar-refractivity contribution in [1.29, 1.82) is 0 Å². The van der Waals surface area contributed by atoms with Gasteiger partial charge in [0.2, 0.25) is 5.91 Å². The van der Waals surface area contributed by atoms with Gasteiger partial charge in [-0.3, -0.25) is 4.79 Å². The Morgan fingerprint density at radius 3 is 2.38 bits per heavy atom. The maximum atomic E-state index is 11.8. The minimum atomic E-state index is -0.409. The maximum absolute atomic E-state index is 11.8. The van der Waals surface area contributed by atoms with Crippen molar-refractivity contribution in [3.8, 4) is 0 Å². The number of amides is 1. The van der Waals surface area contributed by atoms with Gasteiger partial charge in [-0.25, -0.2) is 0 Å². The molecule has 3 fully saturated rings. The molecule has 3 rings (SSSR count). The summed E-state index contributed by atoms with van der Waals surface area (Å²) in [5, 5.41) is 12.4. The lowest BCUT2D eigenvalue weighted by molar-refractivity contribution is -0.127. The Morgan fingerprint density at radius 1 is 1.44 bits per heavy atom. The lowest BCUT2D eigenvalue weighted by atomic mass is 9.63. The summed E-state index contributed by atoms with van der Waals surface area (Å²) in [5.74, 6) is 0.0417. The maximum Gasteiger partial charge on any atom is 0.223 e. The van der Waals surface area contributed by atoms with Crippen molar-refractivity contribution in [2.24, 2.45) is 5.92 Å². The lowest BCUT2D eigenvalue weighted by Gasteiger charge is -2.47. The highest BCUT2D eigenvalue weighted by molar-refractivity contribution is 5.79. The summed E-state index contributed by atoms with van der Waals surface area (Å²) in [7, 11) is 0. The Hall–Kier alpha value is -0.610. The molecule has 1 aliphatic carbocycles. The van der Waals surface area contributed by atoms with Crippen LogP contribution in [0.25, 0.3) is 0 Å². The van der Waals surface area contributed by atoms with Gasteiger partial charge in [-0.15, -0.1) is 0 Å². The quantitative estimate of drug-likeness (QED) is 0.751. The molecule has 1 saturated carbocycles. The van der Waals surface area contributed by atoms with Gasteiger partial charge < -0.3 is 15.2 Å². The van der Waals surface area contributed by atoms with Crippen molar-refractivity contribution in [1.82, 2.24) is 5.32 Å². The molecule has 0 aromatic heterocycles. The molecule has 2 aliphatic heterocycles. The van der Waals surface area contributed by atoms with Gasteiger partial charge in [0.1, 0.15) is 0 Å². The predicted octanol–water partition coefficient (Wildman–Crippen LogP) is 0.831. The van der Waals surface area contributed by atoms with E-state index in [2.05, 4.69) is 5.32 Å². The third-order valence-electron chi connectivity index (χ3n) is 4.05. The number of hydrogen-bond acceptors (Lipinski definition) is 3. The lowest BCUT2D eigenvalue weighted by Crippen LogP contribution is -2.65. The Balaban J connectivity index is 2.14. The standard InChI is InChI=1S/C12H21NO3/c1-8(2)9(15)13-12-5-11(6-12,7-14)16-10(12,3)4/h8,14H,5-7H2,1-4H3,(H,13,15). The first-order valence-electron chi connectivity index (χ1n) is 5.89. The highest BCUT2D eigenvalue weighted by Gasteiger charge is 2.72. The van der Waals surface area contributed by atoms with Crippen LogP contribution in [-0.2, 0) is 9.53 Å². The van der Waals surface area contributed by atoms with Crippen LogP contribution < -0.4 is 5.32 Å². The van der Waals surface area contributed by atoms with Crippen LogP contribution in [0.4, 0.5) is 0 Å². The van der Waals surface area contributed by atoms with E-state index in [0.29, 0.717) is 0 Å². The second-order valence-electron chi connectivity index (χ2n) is 6.03. The third kappa shape index (κ3) is 1.39. The number of carbonyl (C=O) groups excluding carboxylic acids is 1. The molecule has 1 amide bonds. The summed E-state index contributed by atoms with van der Waals surface area (Å²) in [5.41, 5.74) is -1.08. The van der Waals surface area contributed by atoms with Gasteiger partial charge in [0.05, 0.1) is 23.3 Å². The molecule has 2 N–H and O–H groups in total. The van der Waals surface area contributed by atoms with Crippen molar-refractivity contribution in [3.05, 3.63) is 0 Å². The fraction of sp³-hybridized carbons (Fsp3) is 0.917. The third-order valence-corrected chi connectivity index (χ3v) is 4.05. The molecule has 3 aliphatic rings. The molecule has 0 spiro atoms. The number of carbonyl (C=O) groups is 1. The van der Waals surface area contributed by atoms with Crippen LogP contribution in [0.15, 0.2) is 0 Å². The van der Waals surface area contributed by atoms with E-state index in [1.165, 1.54) is 0 Å². The Labute approximate surface area is 96.4 Å². The van der Waals surface area contributed by atoms with E-state index in [4.69, 9.17) is 4.74 Å². The summed E-state index contributed by atoms with van der Waals surface area (Å²) in [6, 6.07) is 0. The van der Waals surface area contributed by atoms with E-state index in [-0.39, 0.29) is 29.6 Å². The highest BCUT2D eigenvalue weighted by Crippen LogP contribution is 2.60. The van der Waals surface area contributed by atoms with Gasteiger partial charge in [-0.2, -0.15) is 0 Å².